The maximum absolute atomic E-state index is 13.5. The summed E-state index contributed by atoms with van der Waals surface area (Å²) in [6.07, 6.45) is 0.234. The van der Waals surface area contributed by atoms with Crippen molar-refractivity contribution in [2.24, 2.45) is 0 Å². The Hall–Kier alpha value is -3.13. The van der Waals surface area contributed by atoms with Gasteiger partial charge in [0.2, 0.25) is 11.1 Å². The van der Waals surface area contributed by atoms with Gasteiger partial charge in [0.15, 0.2) is 0 Å². The summed E-state index contributed by atoms with van der Waals surface area (Å²) in [6.45, 7) is 15.9. The average molecular weight is 522 g/mol. The van der Waals surface area contributed by atoms with E-state index in [0.29, 0.717) is 22.1 Å². The Bertz CT molecular complexity index is 1380. The lowest BCUT2D eigenvalue weighted by Crippen LogP contribution is -2.60. The van der Waals surface area contributed by atoms with Gasteiger partial charge in [-0.3, -0.25) is 14.6 Å². The van der Waals surface area contributed by atoms with Crippen LogP contribution in [0.1, 0.15) is 84.7 Å². The van der Waals surface area contributed by atoms with Gasteiger partial charge in [-0.15, -0.1) is 0 Å². The molecule has 0 radical (unpaired) electrons. The Kier molecular flexibility index (Phi) is 7.01. The molecule has 0 fully saturated rings. The number of nitrogens with zero attached hydrogens (tertiary/aromatic N) is 3. The molecule has 1 aromatic heterocycles. The predicted octanol–water partition coefficient (Wildman–Crippen LogP) is 5.44. The van der Waals surface area contributed by atoms with Gasteiger partial charge in [-0.05, 0) is 46.2 Å². The quantitative estimate of drug-likeness (QED) is 0.352. The highest BCUT2D eigenvalue weighted by Crippen LogP contribution is 2.43. The van der Waals surface area contributed by atoms with Crippen molar-refractivity contribution in [1.82, 2.24) is 10.1 Å². The fourth-order valence-electron chi connectivity index (χ4n) is 4.83. The van der Waals surface area contributed by atoms with Gasteiger partial charge in [0.25, 0.3) is 6.17 Å². The number of H-pyrrole nitrogens is 1. The van der Waals surface area contributed by atoms with Gasteiger partial charge in [0, 0.05) is 34.5 Å². The van der Waals surface area contributed by atoms with Crippen molar-refractivity contribution >= 4 is 23.4 Å². The second-order valence-electron chi connectivity index (χ2n) is 11.6. The van der Waals surface area contributed by atoms with Crippen molar-refractivity contribution in [3.05, 3.63) is 63.4 Å². The van der Waals surface area contributed by atoms with Crippen LogP contribution in [0.25, 0.3) is 11.3 Å². The number of hydrogen-bond donors (Lipinski definition) is 2. The number of rotatable bonds is 4. The van der Waals surface area contributed by atoms with Gasteiger partial charge in [0.1, 0.15) is 5.75 Å². The molecular formula is C29H37N4O3S+. The lowest BCUT2D eigenvalue weighted by molar-refractivity contribution is -0.763. The molecule has 1 atom stereocenters. The molecule has 0 spiro atoms. The van der Waals surface area contributed by atoms with E-state index in [-0.39, 0.29) is 28.0 Å². The number of hydrogen-bond acceptors (Lipinski definition) is 5. The summed E-state index contributed by atoms with van der Waals surface area (Å²) in [5.74, 6) is 0.905. The summed E-state index contributed by atoms with van der Waals surface area (Å²) in [5, 5.41) is 16.7. The molecular weight excluding hydrogens is 484 g/mol. The number of thioether (sulfide) groups is 1. The smallest absolute Gasteiger partial charge is 0.325 e. The fraction of sp³-hybridized carbons (Fsp3) is 0.448. The fourth-order valence-corrected chi connectivity index (χ4v) is 5.53. The Labute approximate surface area is 222 Å². The first-order chi connectivity index (χ1) is 17.3. The Morgan fingerprint density at radius 2 is 1.70 bits per heavy atom. The molecule has 37 heavy (non-hydrogen) atoms. The minimum Gasteiger partial charge on any atom is -0.507 e. The molecule has 1 aliphatic rings. The number of phenols is 1. The van der Waals surface area contributed by atoms with E-state index in [1.807, 2.05) is 36.4 Å². The first-order valence-electron chi connectivity index (χ1n) is 12.7. The van der Waals surface area contributed by atoms with Crippen molar-refractivity contribution in [2.45, 2.75) is 84.0 Å². The molecule has 1 amide bonds. The number of amides is 1. The van der Waals surface area contributed by atoms with E-state index in [1.165, 1.54) is 18.7 Å². The number of fused-ring (bicyclic) bond motifs is 3. The van der Waals surface area contributed by atoms with Crippen LogP contribution in [-0.2, 0) is 15.6 Å². The van der Waals surface area contributed by atoms with Gasteiger partial charge >= 0.3 is 11.3 Å². The number of para-hydroxylation sites is 1. The van der Waals surface area contributed by atoms with Gasteiger partial charge in [-0.2, -0.15) is 0 Å². The highest BCUT2D eigenvalue weighted by Gasteiger charge is 2.46. The molecule has 3 aromatic rings. The summed E-state index contributed by atoms with van der Waals surface area (Å²) in [4.78, 5) is 31.4. The first kappa shape index (κ1) is 26.9. The second kappa shape index (κ2) is 9.63. The highest BCUT2D eigenvalue weighted by atomic mass is 32.2. The number of aromatic nitrogens is 3. The van der Waals surface area contributed by atoms with Crippen molar-refractivity contribution in [1.29, 1.82) is 0 Å². The van der Waals surface area contributed by atoms with E-state index in [0.717, 1.165) is 28.9 Å². The standard InChI is InChI=1S/C29H36N4O3S/c1-9-14-37-27-30-25(36)23-19-12-10-11-13-22(19)32(17(2)34)26(33(23)31-27)18-15-20(28(3,4)5)24(35)21(16-18)29(6,7)8/h10-13,15-16,26H,9,14H2,1-8H3,(H-,30,31,35,36)/p+1/t26-/m0/s1. The number of nitrogens with one attached hydrogen (secondary N) is 1. The number of phenolic OH excluding ortho intramolecular Hbond substituents is 1. The monoisotopic (exact) mass is 521 g/mol. The number of aromatic hydroxyl groups is 1. The lowest BCUT2D eigenvalue weighted by atomic mass is 9.78. The third-order valence-corrected chi connectivity index (χ3v) is 7.66. The minimum atomic E-state index is -0.700. The Balaban J connectivity index is 2.12. The zero-order valence-electron chi connectivity index (χ0n) is 23.0. The molecule has 0 saturated heterocycles. The van der Waals surface area contributed by atoms with Crippen LogP contribution in [0.5, 0.6) is 5.75 Å². The number of benzene rings is 2. The molecule has 7 nitrogen and oxygen atoms in total. The molecule has 2 aromatic carbocycles. The third kappa shape index (κ3) is 4.91. The largest absolute Gasteiger partial charge is 0.507 e. The topological polar surface area (TPSA) is 90.2 Å². The molecule has 196 valence electrons. The Morgan fingerprint density at radius 1 is 1.11 bits per heavy atom. The van der Waals surface area contributed by atoms with Crippen LogP contribution in [0.15, 0.2) is 46.3 Å². The Morgan fingerprint density at radius 3 is 2.24 bits per heavy atom. The van der Waals surface area contributed by atoms with E-state index >= 15 is 0 Å². The molecule has 2 heterocycles. The average Bonchev–Trinajstić information content (AvgIpc) is 2.80. The van der Waals surface area contributed by atoms with E-state index in [9.17, 15) is 14.7 Å². The molecule has 0 saturated carbocycles. The number of carbonyl (C=O) groups is 1. The van der Waals surface area contributed by atoms with Crippen LogP contribution in [0, 0.1) is 0 Å². The molecule has 2 N–H and O–H groups in total. The summed E-state index contributed by atoms with van der Waals surface area (Å²) in [7, 11) is 0. The van der Waals surface area contributed by atoms with Crippen molar-refractivity contribution < 1.29 is 14.6 Å². The van der Waals surface area contributed by atoms with Crippen LogP contribution in [0.2, 0.25) is 0 Å². The molecule has 0 bridgehead atoms. The number of aromatic amines is 1. The van der Waals surface area contributed by atoms with Gasteiger partial charge < -0.3 is 5.11 Å². The van der Waals surface area contributed by atoms with Crippen LogP contribution in [0.3, 0.4) is 0 Å². The van der Waals surface area contributed by atoms with E-state index in [4.69, 9.17) is 5.10 Å². The van der Waals surface area contributed by atoms with Crippen molar-refractivity contribution in [3.8, 4) is 17.0 Å². The van der Waals surface area contributed by atoms with Crippen molar-refractivity contribution in [2.75, 3.05) is 10.7 Å². The maximum atomic E-state index is 13.5. The molecule has 1 aliphatic heterocycles. The summed E-state index contributed by atoms with van der Waals surface area (Å²) >= 11 is 1.48. The number of carbonyl (C=O) groups excluding carboxylic acids is 1. The maximum Gasteiger partial charge on any atom is 0.325 e. The van der Waals surface area contributed by atoms with Crippen molar-refractivity contribution in [3.63, 3.8) is 0 Å². The second-order valence-corrected chi connectivity index (χ2v) is 12.7. The molecule has 0 unspecified atom stereocenters. The highest BCUT2D eigenvalue weighted by molar-refractivity contribution is 7.99. The summed E-state index contributed by atoms with van der Waals surface area (Å²) in [6, 6.07) is 11.3. The normalized spacial score (nSPS) is 15.4. The summed E-state index contributed by atoms with van der Waals surface area (Å²) < 4.78 is 1.69. The third-order valence-electron chi connectivity index (χ3n) is 6.59. The van der Waals surface area contributed by atoms with E-state index < -0.39 is 6.17 Å². The first-order valence-corrected chi connectivity index (χ1v) is 13.7. The van der Waals surface area contributed by atoms with Crippen LogP contribution < -0.4 is 15.1 Å². The van der Waals surface area contributed by atoms with E-state index in [1.54, 1.807) is 9.58 Å². The zero-order chi connectivity index (χ0) is 27.3. The summed E-state index contributed by atoms with van der Waals surface area (Å²) in [5.41, 5.74) is 3.10. The van der Waals surface area contributed by atoms with E-state index in [2.05, 4.69) is 53.5 Å². The van der Waals surface area contributed by atoms with Gasteiger partial charge in [-0.25, -0.2) is 4.90 Å². The van der Waals surface area contributed by atoms with Gasteiger partial charge in [-0.1, -0.05) is 72.4 Å². The predicted molar refractivity (Wildman–Crippen MR) is 148 cm³/mol. The molecule has 4 rings (SSSR count). The molecule has 8 heteroatoms. The SMILES string of the molecule is CCCSc1n[n+]2c(c(=O)[nH]1)-c1ccccc1N(C(C)=O)[C@@H]2c1cc(C(C)(C)C)c(O)c(C(C)(C)C)c1. The molecule has 0 aliphatic carbocycles. The minimum absolute atomic E-state index is 0.164. The number of anilines is 1. The zero-order valence-corrected chi connectivity index (χ0v) is 23.8. The van der Waals surface area contributed by atoms with Crippen LogP contribution >= 0.6 is 11.8 Å². The van der Waals surface area contributed by atoms with Crippen LogP contribution in [-0.4, -0.2) is 26.8 Å². The van der Waals surface area contributed by atoms with Gasteiger partial charge in [0.05, 0.1) is 11.3 Å². The van der Waals surface area contributed by atoms with Crippen LogP contribution in [0.4, 0.5) is 5.69 Å². The lowest BCUT2D eigenvalue weighted by Gasteiger charge is -2.33.